The number of hydrogen-bond donors (Lipinski definition) is 1. The Morgan fingerprint density at radius 3 is 2.82 bits per heavy atom. The molecule has 4 nitrogen and oxygen atoms in total. The van der Waals surface area contributed by atoms with Crippen LogP contribution in [-0.4, -0.2) is 18.1 Å². The van der Waals surface area contributed by atoms with Gasteiger partial charge in [-0.2, -0.15) is 0 Å². The van der Waals surface area contributed by atoms with E-state index >= 15 is 0 Å². The number of nitrogens with zero attached hydrogens (tertiary/aromatic N) is 1. The lowest BCUT2D eigenvalue weighted by Gasteiger charge is -2.19. The van der Waals surface area contributed by atoms with E-state index in [1.54, 1.807) is 24.5 Å². The molecule has 6 heteroatoms. The molecule has 0 spiro atoms. The molecule has 1 atom stereocenters. The molecule has 0 bridgehead atoms. The third kappa shape index (κ3) is 4.70. The molecule has 1 N–H and O–H groups in total. The SMILES string of the molecule is COC(=O)CC(NCc1cccnc1)c1ccc(Cl)cc1Cl. The first-order valence-electron chi connectivity index (χ1n) is 6.74. The van der Waals surface area contributed by atoms with Crippen molar-refractivity contribution in [2.24, 2.45) is 0 Å². The van der Waals surface area contributed by atoms with Gasteiger partial charge in [-0.15, -0.1) is 0 Å². The van der Waals surface area contributed by atoms with Gasteiger partial charge in [0.05, 0.1) is 13.5 Å². The number of rotatable bonds is 6. The molecule has 0 aliphatic heterocycles. The highest BCUT2D eigenvalue weighted by Gasteiger charge is 2.19. The fraction of sp³-hybridized carbons (Fsp3) is 0.250. The van der Waals surface area contributed by atoms with Gasteiger partial charge in [0, 0.05) is 35.0 Å². The summed E-state index contributed by atoms with van der Waals surface area (Å²) in [6, 6.07) is 8.78. The lowest BCUT2D eigenvalue weighted by molar-refractivity contribution is -0.141. The highest BCUT2D eigenvalue weighted by molar-refractivity contribution is 6.35. The van der Waals surface area contributed by atoms with Crippen molar-refractivity contribution >= 4 is 29.2 Å². The number of esters is 1. The first kappa shape index (κ1) is 16.7. The van der Waals surface area contributed by atoms with Crippen LogP contribution in [-0.2, 0) is 16.1 Å². The van der Waals surface area contributed by atoms with Crippen LogP contribution in [0.2, 0.25) is 10.0 Å². The molecule has 0 fully saturated rings. The van der Waals surface area contributed by atoms with E-state index in [4.69, 9.17) is 27.9 Å². The Morgan fingerprint density at radius 1 is 1.36 bits per heavy atom. The van der Waals surface area contributed by atoms with Crippen LogP contribution in [0.3, 0.4) is 0 Å². The van der Waals surface area contributed by atoms with Crippen LogP contribution in [0.15, 0.2) is 42.7 Å². The van der Waals surface area contributed by atoms with E-state index in [2.05, 4.69) is 10.3 Å². The predicted octanol–water partition coefficient (Wildman–Crippen LogP) is 3.78. The second-order valence-corrected chi connectivity index (χ2v) is 5.58. The van der Waals surface area contributed by atoms with Gasteiger partial charge in [-0.25, -0.2) is 0 Å². The summed E-state index contributed by atoms with van der Waals surface area (Å²) < 4.78 is 4.76. The van der Waals surface area contributed by atoms with Gasteiger partial charge in [-0.3, -0.25) is 9.78 Å². The fourth-order valence-electron chi connectivity index (χ4n) is 2.07. The lowest BCUT2D eigenvalue weighted by atomic mass is 10.0. The van der Waals surface area contributed by atoms with E-state index in [1.807, 2.05) is 18.2 Å². The smallest absolute Gasteiger partial charge is 0.307 e. The van der Waals surface area contributed by atoms with E-state index in [1.165, 1.54) is 7.11 Å². The number of benzene rings is 1. The standard InChI is InChI=1S/C16H16Cl2N2O2/c1-22-16(21)8-15(13-5-4-12(17)7-14(13)18)20-10-11-3-2-6-19-9-11/h2-7,9,15,20H,8,10H2,1H3. The summed E-state index contributed by atoms with van der Waals surface area (Å²) in [5.41, 5.74) is 1.82. The van der Waals surface area contributed by atoms with Gasteiger partial charge in [-0.1, -0.05) is 35.3 Å². The van der Waals surface area contributed by atoms with Crippen LogP contribution in [0.25, 0.3) is 0 Å². The van der Waals surface area contributed by atoms with Gasteiger partial charge in [0.1, 0.15) is 0 Å². The van der Waals surface area contributed by atoms with Crippen molar-refractivity contribution in [2.75, 3.05) is 7.11 Å². The zero-order valence-corrected chi connectivity index (χ0v) is 13.6. The summed E-state index contributed by atoms with van der Waals surface area (Å²) in [5.74, 6) is -0.310. The first-order valence-corrected chi connectivity index (χ1v) is 7.50. The second-order valence-electron chi connectivity index (χ2n) is 4.74. The molecule has 116 valence electrons. The van der Waals surface area contributed by atoms with Gasteiger partial charge < -0.3 is 10.1 Å². The molecule has 0 saturated heterocycles. The van der Waals surface area contributed by atoms with Crippen molar-refractivity contribution in [3.63, 3.8) is 0 Å². The Bertz CT molecular complexity index is 635. The molecule has 0 aliphatic rings. The van der Waals surface area contributed by atoms with Crippen LogP contribution in [0.4, 0.5) is 0 Å². The molecule has 1 heterocycles. The summed E-state index contributed by atoms with van der Waals surface area (Å²) in [6.45, 7) is 0.564. The number of halogens is 2. The van der Waals surface area contributed by atoms with Crippen molar-refractivity contribution in [3.05, 3.63) is 63.9 Å². The number of nitrogens with one attached hydrogen (secondary N) is 1. The highest BCUT2D eigenvalue weighted by atomic mass is 35.5. The molecule has 22 heavy (non-hydrogen) atoms. The Balaban J connectivity index is 2.16. The van der Waals surface area contributed by atoms with Crippen molar-refractivity contribution in [1.82, 2.24) is 10.3 Å². The molecule has 1 unspecified atom stereocenters. The molecule has 0 aliphatic carbocycles. The van der Waals surface area contributed by atoms with E-state index in [-0.39, 0.29) is 18.4 Å². The average Bonchev–Trinajstić information content (AvgIpc) is 2.52. The zero-order chi connectivity index (χ0) is 15.9. The molecule has 1 aromatic heterocycles. The summed E-state index contributed by atoms with van der Waals surface area (Å²) in [6.07, 6.45) is 3.66. The minimum Gasteiger partial charge on any atom is -0.469 e. The normalized spacial score (nSPS) is 12.0. The van der Waals surface area contributed by atoms with Gasteiger partial charge in [0.25, 0.3) is 0 Å². The monoisotopic (exact) mass is 338 g/mol. The van der Waals surface area contributed by atoms with Crippen molar-refractivity contribution in [1.29, 1.82) is 0 Å². The zero-order valence-electron chi connectivity index (χ0n) is 12.1. The third-order valence-electron chi connectivity index (χ3n) is 3.21. The maximum absolute atomic E-state index is 11.6. The summed E-state index contributed by atoms with van der Waals surface area (Å²) in [4.78, 5) is 15.7. The average molecular weight is 339 g/mol. The topological polar surface area (TPSA) is 51.2 Å². The molecule has 0 radical (unpaired) electrons. The maximum atomic E-state index is 11.6. The van der Waals surface area contributed by atoms with Crippen LogP contribution >= 0.6 is 23.2 Å². The van der Waals surface area contributed by atoms with Crippen molar-refractivity contribution < 1.29 is 9.53 Å². The molecule has 0 amide bonds. The Kier molecular flexibility index (Phi) is 6.19. The second kappa shape index (κ2) is 8.13. The predicted molar refractivity (Wildman–Crippen MR) is 86.9 cm³/mol. The number of carbonyl (C=O) groups is 1. The largest absolute Gasteiger partial charge is 0.469 e. The molecular weight excluding hydrogens is 323 g/mol. The third-order valence-corrected chi connectivity index (χ3v) is 3.77. The highest BCUT2D eigenvalue weighted by Crippen LogP contribution is 2.28. The fourth-order valence-corrected chi connectivity index (χ4v) is 2.61. The number of methoxy groups -OCH3 is 1. The van der Waals surface area contributed by atoms with Gasteiger partial charge in [-0.05, 0) is 29.3 Å². The molecule has 0 saturated carbocycles. The quantitative estimate of drug-likeness (QED) is 0.814. The van der Waals surface area contributed by atoms with Crippen LogP contribution in [0.1, 0.15) is 23.6 Å². The van der Waals surface area contributed by atoms with E-state index in [9.17, 15) is 4.79 Å². The van der Waals surface area contributed by atoms with Crippen LogP contribution in [0.5, 0.6) is 0 Å². The minimum absolute atomic E-state index is 0.179. The Hall–Kier alpha value is -1.62. The molecule has 2 rings (SSSR count). The van der Waals surface area contributed by atoms with Crippen LogP contribution in [0, 0.1) is 0 Å². The summed E-state index contributed by atoms with van der Waals surface area (Å²) >= 11 is 12.2. The van der Waals surface area contributed by atoms with Gasteiger partial charge in [0.15, 0.2) is 0 Å². The van der Waals surface area contributed by atoms with Gasteiger partial charge in [0.2, 0.25) is 0 Å². The van der Waals surface area contributed by atoms with Crippen LogP contribution < -0.4 is 5.32 Å². The summed E-state index contributed by atoms with van der Waals surface area (Å²) in [7, 11) is 1.37. The maximum Gasteiger partial charge on any atom is 0.307 e. The number of carbonyl (C=O) groups excluding carboxylic acids is 1. The number of aromatic nitrogens is 1. The van der Waals surface area contributed by atoms with Gasteiger partial charge >= 0.3 is 5.97 Å². The van der Waals surface area contributed by atoms with Crippen molar-refractivity contribution in [2.45, 2.75) is 19.0 Å². The number of hydrogen-bond acceptors (Lipinski definition) is 4. The lowest BCUT2D eigenvalue weighted by Crippen LogP contribution is -2.24. The first-order chi connectivity index (χ1) is 10.6. The van der Waals surface area contributed by atoms with E-state index < -0.39 is 0 Å². The number of ether oxygens (including phenoxy) is 1. The Morgan fingerprint density at radius 2 is 2.18 bits per heavy atom. The molecular formula is C16H16Cl2N2O2. The van der Waals surface area contributed by atoms with E-state index in [0.717, 1.165) is 11.1 Å². The Labute approximate surface area is 139 Å². The number of pyridine rings is 1. The molecule has 2 aromatic rings. The summed E-state index contributed by atoms with van der Waals surface area (Å²) in [5, 5.41) is 4.38. The molecule has 1 aromatic carbocycles. The van der Waals surface area contributed by atoms with Crippen molar-refractivity contribution in [3.8, 4) is 0 Å². The minimum atomic E-state index is -0.310. The van der Waals surface area contributed by atoms with E-state index in [0.29, 0.717) is 16.6 Å².